The predicted octanol–water partition coefficient (Wildman–Crippen LogP) is 1.99. The van der Waals surface area contributed by atoms with Crippen molar-refractivity contribution in [3.8, 4) is 5.69 Å². The molecule has 22 heavy (non-hydrogen) atoms. The van der Waals surface area contributed by atoms with Gasteiger partial charge in [-0.1, -0.05) is 23.7 Å². The maximum atomic E-state index is 12.2. The summed E-state index contributed by atoms with van der Waals surface area (Å²) < 4.78 is 1.61. The average molecular weight is 319 g/mol. The zero-order valence-corrected chi connectivity index (χ0v) is 12.5. The summed E-state index contributed by atoms with van der Waals surface area (Å²) in [6.45, 7) is 0.378. The number of nitrogens with one attached hydrogen (secondary N) is 2. The number of nitrogens with zero attached hydrogens (tertiary/aromatic N) is 2. The lowest BCUT2D eigenvalue weighted by Crippen LogP contribution is -2.40. The van der Waals surface area contributed by atoms with Gasteiger partial charge in [0.25, 0.3) is 0 Å². The van der Waals surface area contributed by atoms with E-state index in [1.807, 2.05) is 18.2 Å². The first-order valence-electron chi connectivity index (χ1n) is 7.00. The van der Waals surface area contributed by atoms with Gasteiger partial charge in [0.05, 0.1) is 34.7 Å². The third kappa shape index (κ3) is 3.12. The Morgan fingerprint density at radius 2 is 2.23 bits per heavy atom. The van der Waals surface area contributed by atoms with Crippen LogP contribution in [-0.2, 0) is 9.59 Å². The van der Waals surface area contributed by atoms with E-state index in [2.05, 4.69) is 15.7 Å². The molecule has 1 fully saturated rings. The van der Waals surface area contributed by atoms with E-state index in [4.69, 9.17) is 11.6 Å². The van der Waals surface area contributed by atoms with Crippen molar-refractivity contribution in [1.29, 1.82) is 0 Å². The van der Waals surface area contributed by atoms with Crippen molar-refractivity contribution in [2.75, 3.05) is 11.9 Å². The number of para-hydroxylation sites is 1. The fourth-order valence-electron chi connectivity index (χ4n) is 2.36. The van der Waals surface area contributed by atoms with Crippen LogP contribution in [0.5, 0.6) is 0 Å². The molecule has 1 aliphatic rings. The van der Waals surface area contributed by atoms with Gasteiger partial charge < -0.3 is 10.6 Å². The molecule has 0 unspecified atom stereocenters. The number of aromatic nitrogens is 2. The fraction of sp³-hybridized carbons (Fsp3) is 0.267. The van der Waals surface area contributed by atoms with Crippen LogP contribution in [0.15, 0.2) is 36.7 Å². The molecule has 0 spiro atoms. The highest BCUT2D eigenvalue weighted by atomic mass is 35.5. The molecule has 6 nitrogen and oxygen atoms in total. The molecule has 1 aromatic heterocycles. The molecule has 1 saturated heterocycles. The van der Waals surface area contributed by atoms with Crippen LogP contribution in [0, 0.1) is 5.92 Å². The van der Waals surface area contributed by atoms with E-state index >= 15 is 0 Å². The maximum Gasteiger partial charge on any atom is 0.229 e. The number of hydrogen-bond donors (Lipinski definition) is 2. The largest absolute Gasteiger partial charge is 0.355 e. The Labute approximate surface area is 132 Å². The molecule has 1 atom stereocenters. The van der Waals surface area contributed by atoms with Gasteiger partial charge in [0.15, 0.2) is 0 Å². The van der Waals surface area contributed by atoms with Crippen LogP contribution < -0.4 is 10.6 Å². The highest BCUT2D eigenvalue weighted by Crippen LogP contribution is 2.21. The van der Waals surface area contributed by atoms with E-state index in [1.165, 1.54) is 0 Å². The Hall–Kier alpha value is -2.34. The van der Waals surface area contributed by atoms with E-state index in [0.717, 1.165) is 5.69 Å². The minimum absolute atomic E-state index is 0.00408. The van der Waals surface area contributed by atoms with Gasteiger partial charge in [0.1, 0.15) is 0 Å². The number of amides is 2. The summed E-state index contributed by atoms with van der Waals surface area (Å²) in [5, 5.41) is 10.3. The van der Waals surface area contributed by atoms with Crippen molar-refractivity contribution in [3.05, 3.63) is 41.7 Å². The van der Waals surface area contributed by atoms with Crippen molar-refractivity contribution < 1.29 is 9.59 Å². The number of hydrogen-bond acceptors (Lipinski definition) is 3. The minimum Gasteiger partial charge on any atom is -0.355 e. The summed E-state index contributed by atoms with van der Waals surface area (Å²) in [5.41, 5.74) is 1.34. The molecule has 2 heterocycles. The standard InChI is InChI=1S/C15H15ClN4O2/c16-12-3-1-2-4-13(12)20-9-11(8-18-20)19-15(22)10-5-6-14(21)17-7-10/h1-4,8-10H,5-7H2,(H,17,21)(H,19,22)/t10-/m1/s1. The van der Waals surface area contributed by atoms with Crippen LogP contribution in [0.4, 0.5) is 5.69 Å². The van der Waals surface area contributed by atoms with Crippen molar-refractivity contribution >= 4 is 29.1 Å². The molecular formula is C15H15ClN4O2. The van der Waals surface area contributed by atoms with Crippen LogP contribution in [0.25, 0.3) is 5.69 Å². The number of halogens is 1. The Kier molecular flexibility index (Phi) is 4.11. The smallest absolute Gasteiger partial charge is 0.229 e. The quantitative estimate of drug-likeness (QED) is 0.908. The van der Waals surface area contributed by atoms with E-state index in [-0.39, 0.29) is 17.7 Å². The molecule has 1 aliphatic heterocycles. The Bertz CT molecular complexity index is 703. The lowest BCUT2D eigenvalue weighted by atomic mass is 9.98. The highest BCUT2D eigenvalue weighted by Gasteiger charge is 2.24. The van der Waals surface area contributed by atoms with E-state index in [0.29, 0.717) is 30.1 Å². The lowest BCUT2D eigenvalue weighted by Gasteiger charge is -2.21. The summed E-state index contributed by atoms with van der Waals surface area (Å²) in [6, 6.07) is 7.33. The van der Waals surface area contributed by atoms with Crippen LogP contribution in [0.2, 0.25) is 5.02 Å². The third-order valence-corrected chi connectivity index (χ3v) is 3.91. The van der Waals surface area contributed by atoms with E-state index in [9.17, 15) is 9.59 Å². The monoisotopic (exact) mass is 318 g/mol. The number of carbonyl (C=O) groups is 2. The summed E-state index contributed by atoms with van der Waals surface area (Å²) >= 11 is 6.12. The summed E-state index contributed by atoms with van der Waals surface area (Å²) in [4.78, 5) is 23.3. The van der Waals surface area contributed by atoms with Gasteiger partial charge >= 0.3 is 0 Å². The second-order valence-corrected chi connectivity index (χ2v) is 5.56. The number of rotatable bonds is 3. The zero-order valence-electron chi connectivity index (χ0n) is 11.8. The average Bonchev–Trinajstić information content (AvgIpc) is 2.96. The maximum absolute atomic E-state index is 12.2. The molecule has 114 valence electrons. The van der Waals surface area contributed by atoms with Crippen LogP contribution >= 0.6 is 11.6 Å². The van der Waals surface area contributed by atoms with Crippen molar-refractivity contribution in [3.63, 3.8) is 0 Å². The van der Waals surface area contributed by atoms with Crippen LogP contribution in [0.3, 0.4) is 0 Å². The van der Waals surface area contributed by atoms with Crippen molar-refractivity contribution in [2.24, 2.45) is 5.92 Å². The molecule has 2 amide bonds. The Balaban J connectivity index is 1.68. The third-order valence-electron chi connectivity index (χ3n) is 3.59. The molecule has 0 aliphatic carbocycles. The van der Waals surface area contributed by atoms with Crippen LogP contribution in [-0.4, -0.2) is 28.1 Å². The zero-order chi connectivity index (χ0) is 15.5. The molecule has 0 bridgehead atoms. The van der Waals surface area contributed by atoms with Gasteiger partial charge in [-0.25, -0.2) is 4.68 Å². The minimum atomic E-state index is -0.207. The van der Waals surface area contributed by atoms with Crippen molar-refractivity contribution in [2.45, 2.75) is 12.8 Å². The molecule has 7 heteroatoms. The van der Waals surface area contributed by atoms with Gasteiger partial charge in [0.2, 0.25) is 11.8 Å². The fourth-order valence-corrected chi connectivity index (χ4v) is 2.58. The number of anilines is 1. The van der Waals surface area contributed by atoms with Gasteiger partial charge in [-0.2, -0.15) is 5.10 Å². The summed E-state index contributed by atoms with van der Waals surface area (Å²) in [6.07, 6.45) is 4.23. The molecule has 0 radical (unpaired) electrons. The predicted molar refractivity (Wildman–Crippen MR) is 82.9 cm³/mol. The van der Waals surface area contributed by atoms with Crippen LogP contribution in [0.1, 0.15) is 12.8 Å². The number of benzene rings is 1. The Morgan fingerprint density at radius 1 is 1.41 bits per heavy atom. The first-order valence-corrected chi connectivity index (χ1v) is 7.38. The van der Waals surface area contributed by atoms with Gasteiger partial charge in [-0.3, -0.25) is 9.59 Å². The second-order valence-electron chi connectivity index (χ2n) is 5.15. The molecule has 2 aromatic rings. The normalized spacial score (nSPS) is 17.9. The van der Waals surface area contributed by atoms with E-state index < -0.39 is 0 Å². The SMILES string of the molecule is O=C1CC[C@@H](C(=O)Nc2cnn(-c3ccccc3Cl)c2)CN1. The summed E-state index contributed by atoms with van der Waals surface area (Å²) in [5.74, 6) is -0.323. The van der Waals surface area contributed by atoms with E-state index in [1.54, 1.807) is 23.1 Å². The van der Waals surface area contributed by atoms with Gasteiger partial charge in [-0.05, 0) is 18.6 Å². The molecule has 1 aromatic carbocycles. The first kappa shape index (κ1) is 14.6. The Morgan fingerprint density at radius 3 is 2.95 bits per heavy atom. The highest BCUT2D eigenvalue weighted by molar-refractivity contribution is 6.32. The number of carbonyl (C=O) groups excluding carboxylic acids is 2. The number of piperidine rings is 1. The molecule has 2 N–H and O–H groups in total. The molecular weight excluding hydrogens is 304 g/mol. The first-order chi connectivity index (χ1) is 10.6. The van der Waals surface area contributed by atoms with Gasteiger partial charge in [-0.15, -0.1) is 0 Å². The lowest BCUT2D eigenvalue weighted by molar-refractivity contribution is -0.126. The van der Waals surface area contributed by atoms with Crippen molar-refractivity contribution in [1.82, 2.24) is 15.1 Å². The summed E-state index contributed by atoms with van der Waals surface area (Å²) in [7, 11) is 0. The van der Waals surface area contributed by atoms with Gasteiger partial charge in [0, 0.05) is 13.0 Å². The topological polar surface area (TPSA) is 76.0 Å². The second kappa shape index (κ2) is 6.19. The molecule has 0 saturated carbocycles. The molecule has 3 rings (SSSR count).